The number of fused-ring (bicyclic) bond motifs is 1. The maximum absolute atomic E-state index is 4.69. The van der Waals surface area contributed by atoms with Gasteiger partial charge in [0.1, 0.15) is 5.52 Å². The van der Waals surface area contributed by atoms with Gasteiger partial charge in [-0.3, -0.25) is 8.96 Å². The molecule has 0 aliphatic heterocycles. The van der Waals surface area contributed by atoms with Crippen LogP contribution in [-0.4, -0.2) is 18.9 Å². The molecule has 0 bridgehead atoms. The van der Waals surface area contributed by atoms with Crippen molar-refractivity contribution in [3.63, 3.8) is 0 Å². The van der Waals surface area contributed by atoms with Crippen LogP contribution in [0.4, 0.5) is 0 Å². The molecule has 3 aromatic heterocycles. The third-order valence-electron chi connectivity index (χ3n) is 2.70. The zero-order valence-corrected chi connectivity index (χ0v) is 14.5. The fourth-order valence-electron chi connectivity index (χ4n) is 1.82. The van der Waals surface area contributed by atoms with Crippen molar-refractivity contribution < 1.29 is 0 Å². The van der Waals surface area contributed by atoms with Gasteiger partial charge in [-0.2, -0.15) is 0 Å². The van der Waals surface area contributed by atoms with E-state index in [1.165, 1.54) is 0 Å². The standard InChI is InChI=1S/C12H9IN4S.C2H6/c1-8-7-17(18-13)12-11(8)16-10(6-15-12)9-2-4-14-5-3-9;1-2/h2-7H,1H3;1-2H3. The van der Waals surface area contributed by atoms with Gasteiger partial charge in [-0.15, -0.1) is 0 Å². The lowest BCUT2D eigenvalue weighted by Crippen LogP contribution is -1.90. The normalized spacial score (nSPS) is 10.2. The lowest BCUT2D eigenvalue weighted by Gasteiger charge is -2.01. The van der Waals surface area contributed by atoms with Crippen molar-refractivity contribution in [1.82, 2.24) is 18.9 Å². The minimum Gasteiger partial charge on any atom is -0.265 e. The van der Waals surface area contributed by atoms with Gasteiger partial charge in [-0.25, -0.2) is 9.97 Å². The van der Waals surface area contributed by atoms with Crippen molar-refractivity contribution in [2.75, 3.05) is 0 Å². The summed E-state index contributed by atoms with van der Waals surface area (Å²) in [5, 5.41) is 0. The van der Waals surface area contributed by atoms with Crippen molar-refractivity contribution in [2.45, 2.75) is 20.8 Å². The van der Waals surface area contributed by atoms with E-state index in [-0.39, 0.29) is 0 Å². The lowest BCUT2D eigenvalue weighted by atomic mass is 10.2. The molecule has 0 spiro atoms. The smallest absolute Gasteiger partial charge is 0.169 e. The SMILES string of the molecule is CC.Cc1cn(SI)c2ncc(-c3ccncc3)nc12. The summed E-state index contributed by atoms with van der Waals surface area (Å²) in [6, 6.07) is 3.88. The Balaban J connectivity index is 0.000000704. The van der Waals surface area contributed by atoms with E-state index in [2.05, 4.69) is 49.3 Å². The Hall–Kier alpha value is -1.15. The van der Waals surface area contributed by atoms with Gasteiger partial charge in [0.15, 0.2) is 5.65 Å². The molecule has 0 unspecified atom stereocenters. The molecule has 4 nitrogen and oxygen atoms in total. The molecule has 3 aromatic rings. The van der Waals surface area contributed by atoms with Crippen molar-refractivity contribution in [3.8, 4) is 11.3 Å². The monoisotopic (exact) mass is 398 g/mol. The van der Waals surface area contributed by atoms with Gasteiger partial charge >= 0.3 is 0 Å². The molecule has 104 valence electrons. The first-order valence-corrected chi connectivity index (χ1v) is 9.65. The van der Waals surface area contributed by atoms with Crippen LogP contribution in [0.25, 0.3) is 22.4 Å². The third kappa shape index (κ3) is 2.95. The average Bonchev–Trinajstić information content (AvgIpc) is 2.86. The number of aromatic nitrogens is 4. The van der Waals surface area contributed by atoms with Gasteiger partial charge in [-0.1, -0.05) is 13.8 Å². The summed E-state index contributed by atoms with van der Waals surface area (Å²) >= 11 is 2.24. The number of rotatable bonds is 2. The molecular weight excluding hydrogens is 383 g/mol. The largest absolute Gasteiger partial charge is 0.265 e. The summed E-state index contributed by atoms with van der Waals surface area (Å²) < 4.78 is 2.02. The average molecular weight is 398 g/mol. The Morgan fingerprint density at radius 1 is 1.20 bits per heavy atom. The second-order valence-electron chi connectivity index (χ2n) is 3.87. The fourth-order valence-corrected chi connectivity index (χ4v) is 3.12. The minimum absolute atomic E-state index is 0.879. The van der Waals surface area contributed by atoms with Crippen LogP contribution >= 0.6 is 30.3 Å². The molecule has 0 radical (unpaired) electrons. The number of nitrogens with zero attached hydrogens (tertiary/aromatic N) is 4. The van der Waals surface area contributed by atoms with Crippen LogP contribution in [0.1, 0.15) is 19.4 Å². The van der Waals surface area contributed by atoms with Gasteiger partial charge < -0.3 is 0 Å². The molecule has 0 atom stereocenters. The molecule has 0 aliphatic carbocycles. The minimum atomic E-state index is 0.879. The Morgan fingerprint density at radius 2 is 1.90 bits per heavy atom. The summed E-state index contributed by atoms with van der Waals surface area (Å²) in [5.41, 5.74) is 4.91. The Kier molecular flexibility index (Phi) is 5.36. The van der Waals surface area contributed by atoms with E-state index in [4.69, 9.17) is 0 Å². The van der Waals surface area contributed by atoms with Gasteiger partial charge in [0, 0.05) is 54.5 Å². The molecule has 0 saturated heterocycles. The molecule has 3 heterocycles. The van der Waals surface area contributed by atoms with E-state index < -0.39 is 0 Å². The first kappa shape index (κ1) is 15.2. The second kappa shape index (κ2) is 7.03. The van der Waals surface area contributed by atoms with Crippen LogP contribution in [0.2, 0.25) is 0 Å². The molecular formula is C14H15IN4S. The van der Waals surface area contributed by atoms with Crippen molar-refractivity contribution in [3.05, 3.63) is 42.5 Å². The topological polar surface area (TPSA) is 43.6 Å². The van der Waals surface area contributed by atoms with Crippen LogP contribution < -0.4 is 0 Å². The van der Waals surface area contributed by atoms with E-state index in [1.807, 2.05) is 30.0 Å². The van der Waals surface area contributed by atoms with E-state index in [9.17, 15) is 0 Å². The number of aryl methyl sites for hydroxylation is 1. The van der Waals surface area contributed by atoms with Crippen LogP contribution in [0.3, 0.4) is 0 Å². The molecule has 6 heteroatoms. The summed E-state index contributed by atoms with van der Waals surface area (Å²) in [7, 11) is 1.59. The summed E-state index contributed by atoms with van der Waals surface area (Å²) in [6.07, 6.45) is 7.39. The lowest BCUT2D eigenvalue weighted by molar-refractivity contribution is 1.23. The van der Waals surface area contributed by atoms with E-state index in [0.717, 1.165) is 28.0 Å². The fraction of sp³-hybridized carbons (Fsp3) is 0.214. The molecule has 20 heavy (non-hydrogen) atoms. The highest BCUT2D eigenvalue weighted by Gasteiger charge is 2.10. The molecule has 3 rings (SSSR count). The Labute approximate surface area is 134 Å². The van der Waals surface area contributed by atoms with Gasteiger partial charge in [0.2, 0.25) is 0 Å². The van der Waals surface area contributed by atoms with Gasteiger partial charge in [0.25, 0.3) is 0 Å². The number of hydrogen-bond donors (Lipinski definition) is 0. The number of pyridine rings is 1. The summed E-state index contributed by atoms with van der Waals surface area (Å²) in [5.74, 6) is 0. The highest BCUT2D eigenvalue weighted by atomic mass is 127. The maximum Gasteiger partial charge on any atom is 0.169 e. The van der Waals surface area contributed by atoms with Crippen LogP contribution in [0.15, 0.2) is 36.9 Å². The third-order valence-corrected chi connectivity index (χ3v) is 4.40. The predicted molar refractivity (Wildman–Crippen MR) is 93.9 cm³/mol. The predicted octanol–water partition coefficient (Wildman–Crippen LogP) is 4.67. The van der Waals surface area contributed by atoms with E-state index >= 15 is 0 Å². The zero-order valence-electron chi connectivity index (χ0n) is 11.5. The Bertz CT molecular complexity index is 697. The maximum atomic E-state index is 4.69. The van der Waals surface area contributed by atoms with Crippen LogP contribution in [0, 0.1) is 6.92 Å². The summed E-state index contributed by atoms with van der Waals surface area (Å²) in [6.45, 7) is 6.05. The Morgan fingerprint density at radius 3 is 2.55 bits per heavy atom. The van der Waals surface area contributed by atoms with Crippen LogP contribution in [-0.2, 0) is 0 Å². The molecule has 0 aromatic carbocycles. The van der Waals surface area contributed by atoms with Gasteiger partial charge in [0.05, 0.1) is 11.9 Å². The van der Waals surface area contributed by atoms with Crippen LogP contribution in [0.5, 0.6) is 0 Å². The van der Waals surface area contributed by atoms with E-state index in [1.54, 1.807) is 27.7 Å². The van der Waals surface area contributed by atoms with E-state index in [0.29, 0.717) is 0 Å². The molecule has 0 N–H and O–H groups in total. The molecule has 0 saturated carbocycles. The number of hydrogen-bond acceptors (Lipinski definition) is 4. The molecule has 0 amide bonds. The van der Waals surface area contributed by atoms with Crippen molar-refractivity contribution >= 4 is 41.5 Å². The number of halogens is 1. The summed E-state index contributed by atoms with van der Waals surface area (Å²) in [4.78, 5) is 13.2. The molecule has 0 aliphatic rings. The highest BCUT2D eigenvalue weighted by Crippen LogP contribution is 2.27. The van der Waals surface area contributed by atoms with Crippen molar-refractivity contribution in [2.24, 2.45) is 0 Å². The quantitative estimate of drug-likeness (QED) is 0.589. The zero-order chi connectivity index (χ0) is 14.5. The first-order valence-electron chi connectivity index (χ1n) is 6.34. The highest BCUT2D eigenvalue weighted by molar-refractivity contribution is 14.2. The first-order chi connectivity index (χ1) is 9.79. The second-order valence-corrected chi connectivity index (χ2v) is 5.58. The van der Waals surface area contributed by atoms with Gasteiger partial charge in [-0.05, 0) is 24.6 Å². The molecule has 0 fully saturated rings. The van der Waals surface area contributed by atoms with Crippen molar-refractivity contribution in [1.29, 1.82) is 0 Å².